The molecule has 0 saturated heterocycles. The lowest BCUT2D eigenvalue weighted by Gasteiger charge is -2.17. The van der Waals surface area contributed by atoms with Gasteiger partial charge in [0, 0.05) is 12.6 Å². The minimum atomic E-state index is -3.85. The molecule has 0 saturated carbocycles. The number of sulfonamides is 1. The minimum absolute atomic E-state index is 0.0625. The first-order valence-electron chi connectivity index (χ1n) is 8.03. The van der Waals surface area contributed by atoms with Crippen molar-refractivity contribution in [3.8, 4) is 5.75 Å². The largest absolute Gasteiger partial charge is 0.496 e. The van der Waals surface area contributed by atoms with Crippen LogP contribution < -0.4 is 10.2 Å². The van der Waals surface area contributed by atoms with Crippen LogP contribution >= 0.6 is 23.2 Å². The summed E-state index contributed by atoms with van der Waals surface area (Å²) in [7, 11) is -1.04. The van der Waals surface area contributed by atoms with Gasteiger partial charge in [0.1, 0.15) is 5.75 Å². The Balaban J connectivity index is 2.05. The molecule has 0 radical (unpaired) electrons. The van der Waals surface area contributed by atoms with E-state index in [1.807, 2.05) is 0 Å². The first-order chi connectivity index (χ1) is 13.2. The number of nitrogens with one attached hydrogen (secondary N) is 1. The highest BCUT2D eigenvalue weighted by atomic mass is 35.5. The van der Waals surface area contributed by atoms with Gasteiger partial charge in [0.05, 0.1) is 34.8 Å². The highest BCUT2D eigenvalue weighted by Gasteiger charge is 2.23. The fourth-order valence-corrected chi connectivity index (χ4v) is 4.02. The second-order valence-electron chi connectivity index (χ2n) is 5.82. The van der Waals surface area contributed by atoms with Gasteiger partial charge in [-0.2, -0.15) is 9.41 Å². The Morgan fingerprint density at radius 3 is 2.46 bits per heavy atom. The summed E-state index contributed by atoms with van der Waals surface area (Å²) in [6.07, 6.45) is 1.30. The zero-order valence-corrected chi connectivity index (χ0v) is 17.8. The predicted octanol–water partition coefficient (Wildman–Crippen LogP) is 3.08. The molecule has 28 heavy (non-hydrogen) atoms. The number of benzene rings is 2. The van der Waals surface area contributed by atoms with E-state index < -0.39 is 22.5 Å². The smallest absolute Gasteiger partial charge is 0.255 e. The second kappa shape index (κ2) is 9.38. The normalized spacial score (nSPS) is 11.8. The second-order valence-corrected chi connectivity index (χ2v) is 8.68. The van der Waals surface area contributed by atoms with Crippen LogP contribution in [0.2, 0.25) is 10.0 Å². The summed E-state index contributed by atoms with van der Waals surface area (Å²) in [5.41, 5.74) is 3.37. The number of carbonyl (C=O) groups is 1. The van der Waals surface area contributed by atoms with Crippen LogP contribution in [0.5, 0.6) is 5.75 Å². The van der Waals surface area contributed by atoms with Gasteiger partial charge in [0.15, 0.2) is 0 Å². The number of rotatable bonds is 7. The third kappa shape index (κ3) is 5.23. The molecule has 2 rings (SSSR count). The predicted molar refractivity (Wildman–Crippen MR) is 110 cm³/mol. The number of nitrogens with zero attached hydrogens (tertiary/aromatic N) is 2. The molecule has 7 nitrogen and oxygen atoms in total. The molecule has 0 aliphatic carbocycles. The van der Waals surface area contributed by atoms with Crippen LogP contribution in [0.15, 0.2) is 46.4 Å². The molecule has 0 bridgehead atoms. The average Bonchev–Trinajstić information content (AvgIpc) is 2.64. The molecule has 0 unspecified atom stereocenters. The molecular weight excluding hydrogens is 425 g/mol. The molecule has 0 fully saturated rings. The van der Waals surface area contributed by atoms with Gasteiger partial charge in [-0.1, -0.05) is 29.3 Å². The number of hydrogen-bond acceptors (Lipinski definition) is 5. The van der Waals surface area contributed by atoms with E-state index in [1.165, 1.54) is 32.5 Å². The maximum atomic E-state index is 12.6. The zero-order valence-electron chi connectivity index (χ0n) is 15.4. The van der Waals surface area contributed by atoms with E-state index in [-0.39, 0.29) is 4.90 Å². The molecule has 0 atom stereocenters. The fourth-order valence-electron chi connectivity index (χ4n) is 2.32. The summed E-state index contributed by atoms with van der Waals surface area (Å²) in [5, 5.41) is 4.53. The van der Waals surface area contributed by atoms with E-state index in [2.05, 4.69) is 10.5 Å². The van der Waals surface area contributed by atoms with Crippen LogP contribution in [0.1, 0.15) is 11.1 Å². The molecule has 1 N–H and O–H groups in total. The van der Waals surface area contributed by atoms with Crippen molar-refractivity contribution in [3.05, 3.63) is 57.6 Å². The summed E-state index contributed by atoms with van der Waals surface area (Å²) in [6, 6.07) is 9.42. The van der Waals surface area contributed by atoms with Crippen molar-refractivity contribution in [2.75, 3.05) is 20.7 Å². The summed E-state index contributed by atoms with van der Waals surface area (Å²) >= 11 is 12.0. The zero-order chi connectivity index (χ0) is 20.9. The molecule has 0 aromatic heterocycles. The number of aryl methyl sites for hydroxylation is 1. The summed E-state index contributed by atoms with van der Waals surface area (Å²) in [4.78, 5) is 12.1. The molecule has 0 aliphatic heterocycles. The number of methoxy groups -OCH3 is 1. The molecule has 2 aromatic rings. The quantitative estimate of drug-likeness (QED) is 0.525. The van der Waals surface area contributed by atoms with Crippen LogP contribution in [0.25, 0.3) is 0 Å². The van der Waals surface area contributed by atoms with Gasteiger partial charge in [-0.05, 0) is 42.8 Å². The highest BCUT2D eigenvalue weighted by molar-refractivity contribution is 7.89. The number of hydrazone groups is 1. The van der Waals surface area contributed by atoms with E-state index in [0.717, 1.165) is 4.31 Å². The van der Waals surface area contributed by atoms with E-state index >= 15 is 0 Å². The molecule has 0 heterocycles. The van der Waals surface area contributed by atoms with Crippen molar-refractivity contribution in [2.45, 2.75) is 11.8 Å². The highest BCUT2D eigenvalue weighted by Crippen LogP contribution is 2.23. The van der Waals surface area contributed by atoms with E-state index in [4.69, 9.17) is 27.9 Å². The Hall–Kier alpha value is -2.13. The lowest BCUT2D eigenvalue weighted by Crippen LogP contribution is -2.36. The standard InChI is InChI=1S/C18H19Cl2N3O4S/c1-12-9-13(7-8-17(12)27-3)28(25,26)23(2)11-18(24)22-21-10-14-15(19)5-4-6-16(14)20/h4-10H,11H2,1-3H3,(H,22,24)/b21-10-. The van der Waals surface area contributed by atoms with Gasteiger partial charge in [0.2, 0.25) is 10.0 Å². The maximum Gasteiger partial charge on any atom is 0.255 e. The summed E-state index contributed by atoms with van der Waals surface area (Å²) in [5.74, 6) is -0.0392. The Bertz CT molecular complexity index is 990. The van der Waals surface area contributed by atoms with Crippen molar-refractivity contribution in [1.29, 1.82) is 0 Å². The van der Waals surface area contributed by atoms with Gasteiger partial charge >= 0.3 is 0 Å². The number of halogens is 2. The molecule has 1 amide bonds. The van der Waals surface area contributed by atoms with Crippen LogP contribution in [0.4, 0.5) is 0 Å². The number of carbonyl (C=O) groups excluding carboxylic acids is 1. The van der Waals surface area contributed by atoms with Gasteiger partial charge in [0.25, 0.3) is 5.91 Å². The van der Waals surface area contributed by atoms with Gasteiger partial charge in [-0.3, -0.25) is 4.79 Å². The van der Waals surface area contributed by atoms with Crippen molar-refractivity contribution < 1.29 is 17.9 Å². The van der Waals surface area contributed by atoms with Crippen molar-refractivity contribution in [1.82, 2.24) is 9.73 Å². The number of likely N-dealkylation sites (N-methyl/N-ethyl adjacent to an activating group) is 1. The van der Waals surface area contributed by atoms with Crippen LogP contribution in [-0.4, -0.2) is 45.5 Å². The SMILES string of the molecule is COc1ccc(S(=O)(=O)N(C)CC(=O)N/N=C\c2c(Cl)cccc2Cl)cc1C. The van der Waals surface area contributed by atoms with E-state index in [0.29, 0.717) is 26.9 Å². The first kappa shape index (κ1) is 22.2. The number of amides is 1. The van der Waals surface area contributed by atoms with E-state index in [9.17, 15) is 13.2 Å². The Morgan fingerprint density at radius 2 is 1.89 bits per heavy atom. The third-order valence-corrected chi connectivity index (χ3v) is 6.28. The fraction of sp³-hybridized carbons (Fsp3) is 0.222. The monoisotopic (exact) mass is 443 g/mol. The van der Waals surface area contributed by atoms with E-state index in [1.54, 1.807) is 31.2 Å². The number of hydrogen-bond donors (Lipinski definition) is 1. The van der Waals surface area contributed by atoms with Crippen LogP contribution in [0.3, 0.4) is 0 Å². The van der Waals surface area contributed by atoms with Crippen molar-refractivity contribution in [3.63, 3.8) is 0 Å². The van der Waals surface area contributed by atoms with Gasteiger partial charge < -0.3 is 4.74 Å². The van der Waals surface area contributed by atoms with Crippen LogP contribution in [0, 0.1) is 6.92 Å². The first-order valence-corrected chi connectivity index (χ1v) is 10.2. The summed E-state index contributed by atoms with van der Waals surface area (Å²) < 4.78 is 31.3. The lowest BCUT2D eigenvalue weighted by atomic mass is 10.2. The average molecular weight is 444 g/mol. The molecular formula is C18H19Cl2N3O4S. The lowest BCUT2D eigenvalue weighted by molar-refractivity contribution is -0.121. The van der Waals surface area contributed by atoms with Crippen LogP contribution in [-0.2, 0) is 14.8 Å². The maximum absolute atomic E-state index is 12.6. The molecule has 0 spiro atoms. The Morgan fingerprint density at radius 1 is 1.25 bits per heavy atom. The van der Waals surface area contributed by atoms with Gasteiger partial charge in [-0.25, -0.2) is 13.8 Å². The molecule has 150 valence electrons. The van der Waals surface area contributed by atoms with Crippen molar-refractivity contribution >= 4 is 45.3 Å². The molecule has 2 aromatic carbocycles. The third-order valence-electron chi connectivity index (χ3n) is 3.82. The minimum Gasteiger partial charge on any atom is -0.496 e. The topological polar surface area (TPSA) is 88.1 Å². The number of ether oxygens (including phenoxy) is 1. The molecule has 0 aliphatic rings. The van der Waals surface area contributed by atoms with Crippen molar-refractivity contribution in [2.24, 2.45) is 5.10 Å². The van der Waals surface area contributed by atoms with Gasteiger partial charge in [-0.15, -0.1) is 0 Å². The summed E-state index contributed by atoms with van der Waals surface area (Å²) in [6.45, 7) is 1.32. The Labute approximate surface area is 173 Å². The molecule has 10 heteroatoms. The Kier molecular flexibility index (Phi) is 7.42.